The number of aliphatic hydroxyl groups is 1. The van der Waals surface area contributed by atoms with Crippen molar-refractivity contribution in [2.24, 2.45) is 11.5 Å². The van der Waals surface area contributed by atoms with Crippen molar-refractivity contribution < 1.29 is 29.1 Å². The van der Waals surface area contributed by atoms with Gasteiger partial charge in [-0.15, -0.1) is 0 Å². The fourth-order valence-corrected chi connectivity index (χ4v) is 1.84. The molecule has 0 unspecified atom stereocenters. The fraction of sp³-hybridized carbons (Fsp3) is 0.643. The number of primary amides is 1. The molecule has 11 heteroatoms. The molecule has 0 fully saturated rings. The van der Waals surface area contributed by atoms with Crippen LogP contribution < -0.4 is 22.1 Å². The van der Waals surface area contributed by atoms with Gasteiger partial charge in [-0.2, -0.15) is 0 Å². The fourth-order valence-electron chi connectivity index (χ4n) is 1.84. The summed E-state index contributed by atoms with van der Waals surface area (Å²) in [6, 6.07) is -2.27. The molecule has 25 heavy (non-hydrogen) atoms. The van der Waals surface area contributed by atoms with Gasteiger partial charge in [0.1, 0.15) is 6.04 Å². The molecule has 0 saturated heterocycles. The third-order valence-electron chi connectivity index (χ3n) is 3.09. The molecule has 0 aliphatic heterocycles. The minimum absolute atomic E-state index is 0.216. The Bertz CT molecular complexity index is 498. The Morgan fingerprint density at radius 1 is 1.20 bits per heavy atom. The lowest BCUT2D eigenvalue weighted by Crippen LogP contribution is -2.50. The zero-order chi connectivity index (χ0) is 19.4. The van der Waals surface area contributed by atoms with E-state index in [-0.39, 0.29) is 13.0 Å². The second-order valence-electron chi connectivity index (χ2n) is 5.17. The first-order valence-corrected chi connectivity index (χ1v) is 7.63. The van der Waals surface area contributed by atoms with Crippen molar-refractivity contribution in [2.45, 2.75) is 31.8 Å². The van der Waals surface area contributed by atoms with E-state index in [2.05, 4.69) is 10.6 Å². The van der Waals surface area contributed by atoms with Gasteiger partial charge in [0.15, 0.2) is 0 Å². The van der Waals surface area contributed by atoms with Gasteiger partial charge in [-0.1, -0.05) is 6.92 Å². The lowest BCUT2D eigenvalue weighted by molar-refractivity contribution is -0.134. The SMILES string of the molecule is CCCN(C(=O)CNC(=O)CNC(=O)[C@@H](N)CC(N)=O)[C@H]([C]=O)CO. The van der Waals surface area contributed by atoms with Gasteiger partial charge in [0, 0.05) is 6.54 Å². The number of nitrogens with one attached hydrogen (secondary N) is 2. The van der Waals surface area contributed by atoms with E-state index in [9.17, 15) is 24.0 Å². The highest BCUT2D eigenvalue weighted by atomic mass is 16.3. The summed E-state index contributed by atoms with van der Waals surface area (Å²) in [6.07, 6.45) is 1.75. The number of aliphatic hydroxyl groups excluding tert-OH is 1. The second-order valence-corrected chi connectivity index (χ2v) is 5.17. The Balaban J connectivity index is 4.38. The first-order valence-electron chi connectivity index (χ1n) is 7.63. The predicted octanol–water partition coefficient (Wildman–Crippen LogP) is -3.87. The minimum Gasteiger partial charge on any atom is -0.394 e. The number of nitrogens with zero attached hydrogens (tertiary/aromatic N) is 1. The van der Waals surface area contributed by atoms with Crippen LogP contribution in [0.1, 0.15) is 19.8 Å². The van der Waals surface area contributed by atoms with Crippen molar-refractivity contribution in [3.8, 4) is 0 Å². The quantitative estimate of drug-likeness (QED) is 0.236. The third kappa shape index (κ3) is 8.77. The van der Waals surface area contributed by atoms with E-state index in [1.165, 1.54) is 0 Å². The Morgan fingerprint density at radius 3 is 2.32 bits per heavy atom. The Hall–Kier alpha value is -2.53. The van der Waals surface area contributed by atoms with Gasteiger partial charge in [-0.3, -0.25) is 24.0 Å². The van der Waals surface area contributed by atoms with Crippen LogP contribution in [0.5, 0.6) is 0 Å². The van der Waals surface area contributed by atoms with Gasteiger partial charge >= 0.3 is 0 Å². The smallest absolute Gasteiger partial charge is 0.242 e. The van der Waals surface area contributed by atoms with Crippen LogP contribution in [0, 0.1) is 0 Å². The number of hydrogen-bond acceptors (Lipinski definition) is 7. The summed E-state index contributed by atoms with van der Waals surface area (Å²) in [4.78, 5) is 57.7. The van der Waals surface area contributed by atoms with Gasteiger partial charge in [0.05, 0.1) is 32.2 Å². The lowest BCUT2D eigenvalue weighted by Gasteiger charge is -2.26. The number of amides is 4. The normalized spacial score (nSPS) is 12.6. The molecule has 0 bridgehead atoms. The van der Waals surface area contributed by atoms with Crippen LogP contribution in [0.2, 0.25) is 0 Å². The molecule has 141 valence electrons. The van der Waals surface area contributed by atoms with Gasteiger partial charge in [-0.25, -0.2) is 0 Å². The molecule has 0 aromatic carbocycles. The van der Waals surface area contributed by atoms with Gasteiger partial charge in [0.2, 0.25) is 29.9 Å². The molecule has 11 nitrogen and oxygen atoms in total. The maximum absolute atomic E-state index is 12.0. The summed E-state index contributed by atoms with van der Waals surface area (Å²) in [7, 11) is 0. The van der Waals surface area contributed by atoms with E-state index < -0.39 is 55.4 Å². The summed E-state index contributed by atoms with van der Waals surface area (Å²) in [5.74, 6) is -2.72. The number of carbonyl (C=O) groups is 4. The van der Waals surface area contributed by atoms with E-state index in [1.807, 2.05) is 0 Å². The van der Waals surface area contributed by atoms with Gasteiger partial charge in [0.25, 0.3) is 0 Å². The van der Waals surface area contributed by atoms with Crippen molar-refractivity contribution in [3.63, 3.8) is 0 Å². The molecule has 0 heterocycles. The predicted molar refractivity (Wildman–Crippen MR) is 86.4 cm³/mol. The molecule has 4 amide bonds. The Labute approximate surface area is 145 Å². The van der Waals surface area contributed by atoms with E-state index in [1.54, 1.807) is 13.2 Å². The molecule has 0 rings (SSSR count). The van der Waals surface area contributed by atoms with Crippen LogP contribution in [0.15, 0.2) is 0 Å². The number of rotatable bonds is 12. The van der Waals surface area contributed by atoms with Crippen LogP contribution in [-0.4, -0.2) is 78.2 Å². The van der Waals surface area contributed by atoms with E-state index in [4.69, 9.17) is 16.6 Å². The van der Waals surface area contributed by atoms with Gasteiger partial charge < -0.3 is 32.1 Å². The molecule has 0 aliphatic carbocycles. The molecule has 1 radical (unpaired) electrons. The Kier molecular flexibility index (Phi) is 10.7. The summed E-state index contributed by atoms with van der Waals surface area (Å²) < 4.78 is 0. The van der Waals surface area contributed by atoms with E-state index in [0.717, 1.165) is 4.90 Å². The summed E-state index contributed by atoms with van der Waals surface area (Å²) in [5, 5.41) is 13.5. The van der Waals surface area contributed by atoms with Crippen LogP contribution in [0.3, 0.4) is 0 Å². The van der Waals surface area contributed by atoms with Gasteiger partial charge in [-0.05, 0) is 6.42 Å². The van der Waals surface area contributed by atoms with Crippen LogP contribution in [-0.2, 0) is 24.0 Å². The average molecular weight is 358 g/mol. The summed E-state index contributed by atoms with van der Waals surface area (Å²) >= 11 is 0. The lowest BCUT2D eigenvalue weighted by atomic mass is 10.2. The summed E-state index contributed by atoms with van der Waals surface area (Å²) in [6.45, 7) is 0.559. The molecular formula is C14H24N5O6. The molecule has 0 spiro atoms. The van der Waals surface area contributed by atoms with E-state index in [0.29, 0.717) is 6.42 Å². The highest BCUT2D eigenvalue weighted by Gasteiger charge is 2.23. The molecule has 2 atom stereocenters. The van der Waals surface area contributed by atoms with E-state index >= 15 is 0 Å². The number of hydrogen-bond donors (Lipinski definition) is 5. The maximum atomic E-state index is 12.0. The molecule has 0 aromatic heterocycles. The minimum atomic E-state index is -1.17. The van der Waals surface area contributed by atoms with Crippen molar-refractivity contribution in [1.82, 2.24) is 15.5 Å². The van der Waals surface area contributed by atoms with Crippen molar-refractivity contribution in [3.05, 3.63) is 0 Å². The average Bonchev–Trinajstić information content (AvgIpc) is 2.56. The standard InChI is InChI=1S/C14H24N5O6/c1-2-3-19(9(7-20)8-21)13(24)6-17-12(23)5-18-14(25)10(15)4-11(16)22/h9-10,20H,2-7,15H2,1H3,(H2,16,22)(H,17,23)(H,18,25)/t9-,10-/m0/s1. The second kappa shape index (κ2) is 11.9. The van der Waals surface area contributed by atoms with Crippen molar-refractivity contribution >= 4 is 29.9 Å². The zero-order valence-electron chi connectivity index (χ0n) is 14.0. The van der Waals surface area contributed by atoms with Crippen LogP contribution >= 0.6 is 0 Å². The first-order chi connectivity index (χ1) is 11.8. The maximum Gasteiger partial charge on any atom is 0.242 e. The molecular weight excluding hydrogens is 334 g/mol. The highest BCUT2D eigenvalue weighted by Crippen LogP contribution is 1.99. The molecule has 0 aliphatic rings. The monoisotopic (exact) mass is 358 g/mol. The van der Waals surface area contributed by atoms with Crippen LogP contribution in [0.25, 0.3) is 0 Å². The third-order valence-corrected chi connectivity index (χ3v) is 3.09. The molecule has 0 saturated carbocycles. The molecule has 7 N–H and O–H groups in total. The van der Waals surface area contributed by atoms with Crippen molar-refractivity contribution in [1.29, 1.82) is 0 Å². The number of nitrogens with two attached hydrogens (primary N) is 2. The highest BCUT2D eigenvalue weighted by molar-refractivity contribution is 5.91. The summed E-state index contributed by atoms with van der Waals surface area (Å²) in [5.41, 5.74) is 10.3. The number of carbonyl (C=O) groups excluding carboxylic acids is 5. The van der Waals surface area contributed by atoms with Crippen LogP contribution in [0.4, 0.5) is 0 Å². The van der Waals surface area contributed by atoms with Crippen molar-refractivity contribution in [2.75, 3.05) is 26.2 Å². The topological polar surface area (TPSA) is 185 Å². The largest absolute Gasteiger partial charge is 0.394 e. The Morgan fingerprint density at radius 2 is 1.84 bits per heavy atom. The zero-order valence-corrected chi connectivity index (χ0v) is 14.0. The first kappa shape index (κ1) is 22.5. The molecule has 0 aromatic rings.